The molecule has 2 aliphatic rings. The first-order valence-corrected chi connectivity index (χ1v) is 10.3. The van der Waals surface area contributed by atoms with Crippen molar-refractivity contribution in [3.8, 4) is 0 Å². The zero-order valence-corrected chi connectivity index (χ0v) is 17.0. The number of aryl methyl sites for hydroxylation is 1. The van der Waals surface area contributed by atoms with Gasteiger partial charge in [-0.3, -0.25) is 24.6 Å². The summed E-state index contributed by atoms with van der Waals surface area (Å²) in [5.41, 5.74) is 2.68. The SMILES string of the molecule is Cc1ccccc1C1NC(C(=O)O)C2C(=O)N(Cc3cccc4ccccc34)C(=O)C12. The molecule has 31 heavy (non-hydrogen) atoms. The fraction of sp³-hybridized carbons (Fsp3) is 0.240. The first-order valence-electron chi connectivity index (χ1n) is 10.3. The van der Waals surface area contributed by atoms with Gasteiger partial charge < -0.3 is 5.11 Å². The van der Waals surface area contributed by atoms with Crippen LogP contribution in [0.4, 0.5) is 0 Å². The number of benzene rings is 3. The average molecular weight is 414 g/mol. The van der Waals surface area contributed by atoms with E-state index in [0.29, 0.717) is 0 Å². The van der Waals surface area contributed by atoms with Crippen LogP contribution in [-0.2, 0) is 20.9 Å². The van der Waals surface area contributed by atoms with Gasteiger partial charge in [0, 0.05) is 6.04 Å². The van der Waals surface area contributed by atoms with Crippen molar-refractivity contribution in [1.82, 2.24) is 10.2 Å². The van der Waals surface area contributed by atoms with E-state index in [1.54, 1.807) is 0 Å². The predicted molar refractivity (Wildman–Crippen MR) is 115 cm³/mol. The number of amides is 2. The predicted octanol–water partition coefficient (Wildman–Crippen LogP) is 3.05. The molecule has 4 atom stereocenters. The second-order valence-corrected chi connectivity index (χ2v) is 8.27. The van der Waals surface area contributed by atoms with Gasteiger partial charge in [-0.05, 0) is 34.4 Å². The van der Waals surface area contributed by atoms with E-state index in [1.165, 1.54) is 4.90 Å². The fourth-order valence-electron chi connectivity index (χ4n) is 5.08. The van der Waals surface area contributed by atoms with Crippen molar-refractivity contribution in [2.75, 3.05) is 0 Å². The smallest absolute Gasteiger partial charge is 0.321 e. The molecule has 2 fully saturated rings. The van der Waals surface area contributed by atoms with Crippen molar-refractivity contribution in [3.63, 3.8) is 0 Å². The van der Waals surface area contributed by atoms with Gasteiger partial charge in [-0.25, -0.2) is 0 Å². The molecule has 0 aromatic heterocycles. The van der Waals surface area contributed by atoms with E-state index >= 15 is 0 Å². The Morgan fingerprint density at radius 2 is 1.61 bits per heavy atom. The topological polar surface area (TPSA) is 86.7 Å². The molecular weight excluding hydrogens is 392 g/mol. The summed E-state index contributed by atoms with van der Waals surface area (Å²) < 4.78 is 0. The summed E-state index contributed by atoms with van der Waals surface area (Å²) in [6, 6.07) is 19.6. The highest BCUT2D eigenvalue weighted by atomic mass is 16.4. The van der Waals surface area contributed by atoms with Crippen LogP contribution in [0.1, 0.15) is 22.7 Å². The molecule has 0 radical (unpaired) electrons. The second-order valence-electron chi connectivity index (χ2n) is 8.27. The summed E-state index contributed by atoms with van der Waals surface area (Å²) in [5, 5.41) is 14.8. The Bertz CT molecular complexity index is 1220. The lowest BCUT2D eigenvalue weighted by Crippen LogP contribution is -2.43. The molecular formula is C25H22N2O4. The van der Waals surface area contributed by atoms with Gasteiger partial charge in [0.05, 0.1) is 18.4 Å². The number of imide groups is 1. The Hall–Kier alpha value is -3.51. The molecule has 2 saturated heterocycles. The summed E-state index contributed by atoms with van der Waals surface area (Å²) in [6.07, 6.45) is 0. The number of hydrogen-bond donors (Lipinski definition) is 2. The van der Waals surface area contributed by atoms with E-state index in [0.717, 1.165) is 27.5 Å². The lowest BCUT2D eigenvalue weighted by atomic mass is 9.85. The maximum Gasteiger partial charge on any atom is 0.321 e. The van der Waals surface area contributed by atoms with Crippen molar-refractivity contribution >= 4 is 28.6 Å². The van der Waals surface area contributed by atoms with Crippen LogP contribution in [0.5, 0.6) is 0 Å². The summed E-state index contributed by atoms with van der Waals surface area (Å²) in [6.45, 7) is 2.06. The molecule has 2 amide bonds. The summed E-state index contributed by atoms with van der Waals surface area (Å²) in [4.78, 5) is 40.0. The molecule has 156 valence electrons. The van der Waals surface area contributed by atoms with Gasteiger partial charge in [-0.1, -0.05) is 66.7 Å². The normalized spacial score (nSPS) is 25.3. The third kappa shape index (κ3) is 3.02. The van der Waals surface area contributed by atoms with E-state index in [1.807, 2.05) is 73.7 Å². The minimum Gasteiger partial charge on any atom is -0.480 e. The minimum absolute atomic E-state index is 0.138. The lowest BCUT2D eigenvalue weighted by molar-refractivity contribution is -0.146. The van der Waals surface area contributed by atoms with Gasteiger partial charge >= 0.3 is 5.97 Å². The Kier molecular flexibility index (Phi) is 4.59. The number of carbonyl (C=O) groups excluding carboxylic acids is 2. The quantitative estimate of drug-likeness (QED) is 0.641. The minimum atomic E-state index is -1.11. The van der Waals surface area contributed by atoms with Crippen LogP contribution in [0.15, 0.2) is 66.7 Å². The molecule has 5 rings (SSSR count). The average Bonchev–Trinajstić information content (AvgIpc) is 3.27. The zero-order valence-electron chi connectivity index (χ0n) is 17.0. The van der Waals surface area contributed by atoms with Crippen molar-refractivity contribution < 1.29 is 19.5 Å². The molecule has 3 aromatic carbocycles. The van der Waals surface area contributed by atoms with Crippen LogP contribution in [0.2, 0.25) is 0 Å². The van der Waals surface area contributed by atoms with Crippen molar-refractivity contribution in [3.05, 3.63) is 83.4 Å². The van der Waals surface area contributed by atoms with Crippen molar-refractivity contribution in [1.29, 1.82) is 0 Å². The first-order chi connectivity index (χ1) is 15.0. The van der Waals surface area contributed by atoms with Gasteiger partial charge in [0.2, 0.25) is 11.8 Å². The van der Waals surface area contributed by atoms with Gasteiger partial charge in [-0.15, -0.1) is 0 Å². The molecule has 6 heteroatoms. The highest BCUT2D eigenvalue weighted by Crippen LogP contribution is 2.45. The number of nitrogens with zero attached hydrogens (tertiary/aromatic N) is 1. The van der Waals surface area contributed by atoms with Crippen LogP contribution in [0.25, 0.3) is 10.8 Å². The van der Waals surface area contributed by atoms with E-state index in [2.05, 4.69) is 5.32 Å². The summed E-state index contributed by atoms with van der Waals surface area (Å²) in [5.74, 6) is -3.49. The maximum atomic E-state index is 13.5. The molecule has 0 aliphatic carbocycles. The van der Waals surface area contributed by atoms with E-state index in [9.17, 15) is 19.5 Å². The van der Waals surface area contributed by atoms with Crippen molar-refractivity contribution in [2.24, 2.45) is 11.8 Å². The fourth-order valence-corrected chi connectivity index (χ4v) is 5.08. The van der Waals surface area contributed by atoms with Crippen LogP contribution >= 0.6 is 0 Å². The number of aliphatic carboxylic acids is 1. The molecule has 0 saturated carbocycles. The second kappa shape index (κ2) is 7.32. The molecule has 0 bridgehead atoms. The van der Waals surface area contributed by atoms with Gasteiger partial charge in [0.15, 0.2) is 0 Å². The van der Waals surface area contributed by atoms with Gasteiger partial charge in [0.25, 0.3) is 0 Å². The third-order valence-electron chi connectivity index (χ3n) is 6.56. The van der Waals surface area contributed by atoms with E-state index in [-0.39, 0.29) is 12.5 Å². The Morgan fingerprint density at radius 1 is 0.935 bits per heavy atom. The number of fused-ring (bicyclic) bond motifs is 2. The van der Waals surface area contributed by atoms with Crippen LogP contribution in [0.3, 0.4) is 0 Å². The first kappa shape index (κ1) is 19.5. The molecule has 2 N–H and O–H groups in total. The zero-order chi connectivity index (χ0) is 21.7. The number of likely N-dealkylation sites (tertiary alicyclic amines) is 1. The van der Waals surface area contributed by atoms with E-state index < -0.39 is 35.8 Å². The van der Waals surface area contributed by atoms with Crippen LogP contribution in [-0.4, -0.2) is 33.8 Å². The Labute approximate surface area is 179 Å². The lowest BCUT2D eigenvalue weighted by Gasteiger charge is -2.23. The number of rotatable bonds is 4. The van der Waals surface area contributed by atoms with Gasteiger partial charge in [-0.2, -0.15) is 0 Å². The molecule has 0 spiro atoms. The van der Waals surface area contributed by atoms with Gasteiger partial charge in [0.1, 0.15) is 6.04 Å². The highest BCUT2D eigenvalue weighted by Gasteiger charge is 2.61. The molecule has 2 heterocycles. The highest BCUT2D eigenvalue weighted by molar-refractivity contribution is 6.08. The monoisotopic (exact) mass is 414 g/mol. The number of hydrogen-bond acceptors (Lipinski definition) is 4. The maximum absolute atomic E-state index is 13.5. The van der Waals surface area contributed by atoms with Crippen molar-refractivity contribution in [2.45, 2.75) is 25.6 Å². The Morgan fingerprint density at radius 3 is 2.39 bits per heavy atom. The number of carboxylic acid groups (broad SMARTS) is 1. The standard InChI is InChI=1S/C25H22N2O4/c1-14-7-2-4-11-17(14)21-19-20(22(26-21)25(30)31)24(29)27(23(19)28)13-16-10-6-9-15-8-3-5-12-18(15)16/h2-12,19-22,26H,13H2,1H3,(H,30,31). The van der Waals surface area contributed by atoms with Crippen LogP contribution < -0.4 is 5.32 Å². The molecule has 2 aliphatic heterocycles. The molecule has 3 aromatic rings. The number of carbonyl (C=O) groups is 3. The number of nitrogens with one attached hydrogen (secondary N) is 1. The largest absolute Gasteiger partial charge is 0.480 e. The van der Waals surface area contributed by atoms with Crippen LogP contribution in [0, 0.1) is 18.8 Å². The third-order valence-corrected chi connectivity index (χ3v) is 6.56. The van der Waals surface area contributed by atoms with E-state index in [4.69, 9.17) is 0 Å². The molecule has 6 nitrogen and oxygen atoms in total. The number of carboxylic acids is 1. The Balaban J connectivity index is 1.54. The summed E-state index contributed by atoms with van der Waals surface area (Å²) >= 11 is 0. The molecule has 4 unspecified atom stereocenters. The summed E-state index contributed by atoms with van der Waals surface area (Å²) in [7, 11) is 0.